The van der Waals surface area contributed by atoms with Crippen LogP contribution < -0.4 is 10.4 Å². The predicted molar refractivity (Wildman–Crippen MR) is 133 cm³/mol. The van der Waals surface area contributed by atoms with Crippen molar-refractivity contribution in [2.75, 3.05) is 17.0 Å². The second-order valence-corrected chi connectivity index (χ2v) is 12.6. The van der Waals surface area contributed by atoms with Crippen LogP contribution in [0.5, 0.6) is 0 Å². The molecule has 0 spiro atoms. The van der Waals surface area contributed by atoms with E-state index >= 15 is 0 Å². The largest absolute Gasteiger partial charge is 0.391 e. The fourth-order valence-corrected chi connectivity index (χ4v) is 7.61. The Hall–Kier alpha value is -2.41. The van der Waals surface area contributed by atoms with Crippen LogP contribution in [0.4, 0.5) is 5.82 Å². The second kappa shape index (κ2) is 9.33. The van der Waals surface area contributed by atoms with Gasteiger partial charge in [-0.15, -0.1) is 23.1 Å². The van der Waals surface area contributed by atoms with E-state index in [9.17, 15) is 23.1 Å². The van der Waals surface area contributed by atoms with Crippen LogP contribution in [0.15, 0.2) is 38.2 Å². The molecule has 1 aromatic rings. The molecule has 4 rings (SSSR count). The third kappa shape index (κ3) is 4.72. The highest BCUT2D eigenvalue weighted by atomic mass is 32.2. The zero-order chi connectivity index (χ0) is 24.8. The maximum Gasteiger partial charge on any atom is 0.354 e. The lowest BCUT2D eigenvalue weighted by molar-refractivity contribution is -0.129. The van der Waals surface area contributed by atoms with E-state index < -0.39 is 21.8 Å². The third-order valence-corrected chi connectivity index (χ3v) is 9.84. The number of carbonyl (C=O) groups excluding carboxylic acids is 1. The number of aromatic nitrogens is 2. The lowest BCUT2D eigenvalue weighted by atomic mass is 10.2. The van der Waals surface area contributed by atoms with Crippen molar-refractivity contribution in [2.24, 2.45) is 0 Å². The molecule has 0 unspecified atom stereocenters. The molecule has 0 aliphatic carbocycles. The maximum atomic E-state index is 13.0. The number of fused-ring (bicyclic) bond motifs is 1. The molecule has 12 heteroatoms. The number of rotatable bonds is 6. The Morgan fingerprint density at radius 1 is 1.26 bits per heavy atom. The number of hydrogen-bond acceptors (Lipinski definition) is 8. The summed E-state index contributed by atoms with van der Waals surface area (Å²) in [6.07, 6.45) is -0.102. The van der Waals surface area contributed by atoms with Crippen LogP contribution in [0.25, 0.3) is 5.69 Å². The van der Waals surface area contributed by atoms with Gasteiger partial charge in [0, 0.05) is 35.8 Å². The van der Waals surface area contributed by atoms with Crippen molar-refractivity contribution in [1.82, 2.24) is 14.5 Å². The first-order chi connectivity index (χ1) is 16.0. The maximum absolute atomic E-state index is 13.0. The molecule has 1 saturated heterocycles. The molecule has 2 atom stereocenters. The standard InChI is InChI=1S/C22H26N4O5S3/c1-12-5-7-18(8-6-12)34(30,31)24-20-19-21(33-14(3)13(2)26(19)22(29)23-20)32-11-16-9-17(28)10-25(16)15(4)27/h5-8,16-17,28H,9-11H2,1-4H3,(H,23,24,29)/t16-,17+/m0/s1. The number of imidazole rings is 1. The minimum atomic E-state index is -3.96. The van der Waals surface area contributed by atoms with Gasteiger partial charge in [-0.05, 0) is 39.3 Å². The summed E-state index contributed by atoms with van der Waals surface area (Å²) in [6, 6.07) is 6.25. The molecule has 1 fully saturated rings. The van der Waals surface area contributed by atoms with Gasteiger partial charge in [-0.2, -0.15) is 4.98 Å². The first kappa shape index (κ1) is 24.7. The number of benzene rings is 1. The van der Waals surface area contributed by atoms with Crippen LogP contribution in [0.1, 0.15) is 29.5 Å². The van der Waals surface area contributed by atoms with E-state index in [2.05, 4.69) is 9.71 Å². The molecular formula is C22H26N4O5S3. The smallest absolute Gasteiger partial charge is 0.354 e. The van der Waals surface area contributed by atoms with Gasteiger partial charge < -0.3 is 10.0 Å². The minimum Gasteiger partial charge on any atom is -0.391 e. The molecule has 3 heterocycles. The van der Waals surface area contributed by atoms with E-state index in [0.29, 0.717) is 34.3 Å². The van der Waals surface area contributed by atoms with E-state index in [0.717, 1.165) is 10.4 Å². The van der Waals surface area contributed by atoms with Crippen molar-refractivity contribution in [3.05, 3.63) is 50.9 Å². The van der Waals surface area contributed by atoms with Gasteiger partial charge in [0.2, 0.25) is 5.91 Å². The summed E-state index contributed by atoms with van der Waals surface area (Å²) in [5.41, 5.74) is 1.45. The van der Waals surface area contributed by atoms with Crippen molar-refractivity contribution < 1.29 is 18.3 Å². The SMILES string of the molecule is CC(=O)N1C[C@H](O)C[C@H]1CSc1sc(C)c(C)n2c(=O)nc(NS(=O)(=O)c3ccc(C)cc3)c1-2. The quantitative estimate of drug-likeness (QED) is 0.477. The predicted octanol–water partition coefficient (Wildman–Crippen LogP) is 2.53. The van der Waals surface area contributed by atoms with Crippen LogP contribution >= 0.6 is 23.1 Å². The first-order valence-corrected chi connectivity index (χ1v) is 14.0. The molecular weight excluding hydrogens is 496 g/mol. The van der Waals surface area contributed by atoms with Crippen LogP contribution in [0.3, 0.4) is 0 Å². The van der Waals surface area contributed by atoms with Gasteiger partial charge in [-0.25, -0.2) is 13.2 Å². The average molecular weight is 523 g/mol. The van der Waals surface area contributed by atoms with Crippen LogP contribution in [-0.2, 0) is 14.8 Å². The highest BCUT2D eigenvalue weighted by Crippen LogP contribution is 2.39. The van der Waals surface area contributed by atoms with E-state index in [1.54, 1.807) is 24.0 Å². The minimum absolute atomic E-state index is 0.0256. The van der Waals surface area contributed by atoms with Crippen molar-refractivity contribution in [2.45, 2.75) is 55.4 Å². The third-order valence-electron chi connectivity index (χ3n) is 5.90. The van der Waals surface area contributed by atoms with Gasteiger partial charge in [0.05, 0.1) is 15.2 Å². The van der Waals surface area contributed by atoms with Crippen LogP contribution in [0, 0.1) is 20.8 Å². The van der Waals surface area contributed by atoms with E-state index in [-0.39, 0.29) is 22.7 Å². The summed E-state index contributed by atoms with van der Waals surface area (Å²) >= 11 is 2.86. The number of aryl methyl sites for hydroxylation is 2. The number of anilines is 1. The zero-order valence-corrected chi connectivity index (χ0v) is 21.7. The zero-order valence-electron chi connectivity index (χ0n) is 19.2. The molecule has 0 aromatic heterocycles. The summed E-state index contributed by atoms with van der Waals surface area (Å²) in [5, 5.41) is 10.0. The van der Waals surface area contributed by atoms with Crippen molar-refractivity contribution in [1.29, 1.82) is 0 Å². The van der Waals surface area contributed by atoms with E-state index in [1.807, 2.05) is 13.8 Å². The first-order valence-electron chi connectivity index (χ1n) is 10.7. The van der Waals surface area contributed by atoms with Gasteiger partial charge in [0.15, 0.2) is 5.82 Å². The van der Waals surface area contributed by atoms with Crippen molar-refractivity contribution in [3.8, 4) is 5.69 Å². The molecule has 3 aliphatic rings. The summed E-state index contributed by atoms with van der Waals surface area (Å²) in [5.74, 6) is 0.366. The number of amides is 1. The highest BCUT2D eigenvalue weighted by Gasteiger charge is 2.34. The van der Waals surface area contributed by atoms with Gasteiger partial charge >= 0.3 is 5.69 Å². The molecule has 0 saturated carbocycles. The van der Waals surface area contributed by atoms with Crippen LogP contribution in [0.2, 0.25) is 0 Å². The second-order valence-electron chi connectivity index (χ2n) is 8.40. The number of aliphatic hydroxyl groups excluding tert-OH is 1. The number of likely N-dealkylation sites (tertiary alicyclic amines) is 1. The van der Waals surface area contributed by atoms with Gasteiger partial charge in [0.25, 0.3) is 10.0 Å². The monoisotopic (exact) mass is 522 g/mol. The van der Waals surface area contributed by atoms with Crippen LogP contribution in [-0.4, -0.2) is 58.3 Å². The molecule has 3 aliphatic heterocycles. The average Bonchev–Trinajstić information content (AvgIpc) is 3.29. The Morgan fingerprint density at radius 3 is 2.59 bits per heavy atom. The number of sulfonamides is 1. The van der Waals surface area contributed by atoms with E-state index in [4.69, 9.17) is 0 Å². The molecule has 34 heavy (non-hydrogen) atoms. The number of hydrogen-bond donors (Lipinski definition) is 2. The number of aliphatic hydroxyl groups is 1. The normalized spacial score (nSPS) is 18.6. The molecule has 1 amide bonds. The van der Waals surface area contributed by atoms with Gasteiger partial charge in [-0.1, -0.05) is 17.7 Å². The van der Waals surface area contributed by atoms with Gasteiger partial charge in [-0.3, -0.25) is 14.1 Å². The number of nitrogens with one attached hydrogen (secondary N) is 1. The Labute approximate surface area is 206 Å². The lowest BCUT2D eigenvalue weighted by Gasteiger charge is -2.23. The number of nitrogens with zero attached hydrogens (tertiary/aromatic N) is 3. The highest BCUT2D eigenvalue weighted by molar-refractivity contribution is 8.01. The fourth-order valence-electron chi connectivity index (χ4n) is 4.00. The summed E-state index contributed by atoms with van der Waals surface area (Å²) in [6.45, 7) is 7.32. The summed E-state index contributed by atoms with van der Waals surface area (Å²) in [7, 11) is -3.96. The van der Waals surface area contributed by atoms with E-state index in [1.165, 1.54) is 46.7 Å². The summed E-state index contributed by atoms with van der Waals surface area (Å²) < 4.78 is 30.7. The summed E-state index contributed by atoms with van der Waals surface area (Å²) in [4.78, 5) is 31.4. The van der Waals surface area contributed by atoms with Crippen molar-refractivity contribution in [3.63, 3.8) is 0 Å². The number of β-amino-alcohol motifs (C(OH)–C–C–N with tert-alkyl or cyclic N) is 1. The number of carbonyl (C=O) groups is 1. The fraction of sp³-hybridized carbons (Fsp3) is 0.409. The topological polar surface area (TPSA) is 122 Å². The van der Waals surface area contributed by atoms with Crippen molar-refractivity contribution >= 4 is 44.8 Å². The molecule has 182 valence electrons. The molecule has 0 bridgehead atoms. The Morgan fingerprint density at radius 2 is 1.94 bits per heavy atom. The molecule has 9 nitrogen and oxygen atoms in total. The lowest BCUT2D eigenvalue weighted by Crippen LogP contribution is -2.35. The molecule has 1 aromatic carbocycles. The Balaban J connectivity index is 1.71. The Bertz CT molecular complexity index is 1360. The Kier molecular flexibility index (Phi) is 6.78. The van der Waals surface area contributed by atoms with Gasteiger partial charge in [0.1, 0.15) is 5.69 Å². The molecule has 0 radical (unpaired) electrons. The molecule has 2 N–H and O–H groups in total. The number of thioether (sulfide) groups is 1.